The zero-order valence-electron chi connectivity index (χ0n) is 6.28. The average molecular weight is 194 g/mol. The maximum atomic E-state index is 12.0. The van der Waals surface area contributed by atoms with Crippen LogP contribution in [0.4, 0.5) is 22.0 Å². The van der Waals surface area contributed by atoms with Gasteiger partial charge in [-0.3, -0.25) is 4.74 Å². The van der Waals surface area contributed by atoms with E-state index < -0.39 is 18.8 Å². The first-order valence-electron chi connectivity index (χ1n) is 2.95. The third kappa shape index (κ3) is 6.29. The van der Waals surface area contributed by atoms with Gasteiger partial charge in [0.05, 0.1) is 6.10 Å². The van der Waals surface area contributed by atoms with E-state index in [2.05, 4.69) is 9.47 Å². The van der Waals surface area contributed by atoms with Crippen molar-refractivity contribution in [2.75, 3.05) is 0 Å². The third-order valence-electron chi connectivity index (χ3n) is 0.607. The number of hydrogen-bond donors (Lipinski definition) is 0. The van der Waals surface area contributed by atoms with Gasteiger partial charge in [0.25, 0.3) is 0 Å². The van der Waals surface area contributed by atoms with Crippen LogP contribution in [-0.4, -0.2) is 18.8 Å². The van der Waals surface area contributed by atoms with Crippen molar-refractivity contribution in [2.45, 2.75) is 32.6 Å². The molecular weight excluding hydrogens is 187 g/mol. The fraction of sp³-hybridized carbons (Fsp3) is 1.00. The van der Waals surface area contributed by atoms with Gasteiger partial charge in [0.2, 0.25) is 0 Å². The van der Waals surface area contributed by atoms with Crippen LogP contribution in [0.25, 0.3) is 0 Å². The molecule has 0 aliphatic carbocycles. The quantitative estimate of drug-likeness (QED) is 0.507. The van der Waals surface area contributed by atoms with Gasteiger partial charge in [0, 0.05) is 0 Å². The molecule has 0 unspecified atom stereocenters. The maximum Gasteiger partial charge on any atom is 0.529 e. The van der Waals surface area contributed by atoms with E-state index in [1.54, 1.807) is 0 Å². The Morgan fingerprint density at radius 2 is 1.42 bits per heavy atom. The van der Waals surface area contributed by atoms with Crippen LogP contribution >= 0.6 is 0 Å². The van der Waals surface area contributed by atoms with E-state index in [4.69, 9.17) is 0 Å². The molecule has 74 valence electrons. The van der Waals surface area contributed by atoms with Crippen molar-refractivity contribution >= 4 is 0 Å². The van der Waals surface area contributed by atoms with E-state index >= 15 is 0 Å². The third-order valence-corrected chi connectivity index (χ3v) is 0.607. The summed E-state index contributed by atoms with van der Waals surface area (Å²) in [5, 5.41) is 0. The molecule has 0 aromatic carbocycles. The highest BCUT2D eigenvalue weighted by Gasteiger charge is 2.46. The summed E-state index contributed by atoms with van der Waals surface area (Å²) in [7, 11) is 0. The molecule has 7 heteroatoms. The largest absolute Gasteiger partial charge is 0.529 e. The van der Waals surface area contributed by atoms with Gasteiger partial charge in [-0.15, -0.1) is 22.0 Å². The highest BCUT2D eigenvalue weighted by Crippen LogP contribution is 2.29. The molecule has 0 bridgehead atoms. The fourth-order valence-corrected chi connectivity index (χ4v) is 0.433. The van der Waals surface area contributed by atoms with Crippen molar-refractivity contribution in [2.24, 2.45) is 0 Å². The summed E-state index contributed by atoms with van der Waals surface area (Å²) < 4.78 is 63.6. The van der Waals surface area contributed by atoms with Gasteiger partial charge in [0.1, 0.15) is 0 Å². The average Bonchev–Trinajstić information content (AvgIpc) is 1.48. The molecule has 0 heterocycles. The Bertz CT molecular complexity index is 141. The van der Waals surface area contributed by atoms with E-state index in [1.807, 2.05) is 0 Å². The minimum Gasteiger partial charge on any atom is -0.293 e. The van der Waals surface area contributed by atoms with Crippen LogP contribution in [0.1, 0.15) is 13.8 Å². The minimum atomic E-state index is -5.40. The smallest absolute Gasteiger partial charge is 0.293 e. The Kier molecular flexibility index (Phi) is 3.40. The summed E-state index contributed by atoms with van der Waals surface area (Å²) >= 11 is 0. The van der Waals surface area contributed by atoms with Crippen LogP contribution in [0.5, 0.6) is 0 Å². The van der Waals surface area contributed by atoms with Crippen molar-refractivity contribution in [3.63, 3.8) is 0 Å². The molecule has 0 spiro atoms. The second-order valence-corrected chi connectivity index (χ2v) is 2.18. The zero-order valence-corrected chi connectivity index (χ0v) is 6.28. The molecule has 0 saturated heterocycles. The molecule has 0 rings (SSSR count). The number of hydrogen-bond acceptors (Lipinski definition) is 2. The maximum absolute atomic E-state index is 12.0. The summed E-state index contributed by atoms with van der Waals surface area (Å²) in [6.07, 6.45) is -11.1. The van der Waals surface area contributed by atoms with Crippen molar-refractivity contribution in [1.82, 2.24) is 0 Å². The SMILES string of the molecule is CC(C)OC(F)(F)OC(F)(F)F. The standard InChI is InChI=1S/C5H7F5O2/c1-3(2)11-5(9,10)12-4(6,7)8/h3H,1-2H3. The molecule has 0 aliphatic heterocycles. The molecule has 0 aliphatic rings. The molecule has 0 amide bonds. The topological polar surface area (TPSA) is 18.5 Å². The second-order valence-electron chi connectivity index (χ2n) is 2.18. The Balaban J connectivity index is 4.04. The molecule has 0 fully saturated rings. The van der Waals surface area contributed by atoms with E-state index in [0.29, 0.717) is 0 Å². The number of ether oxygens (including phenoxy) is 2. The van der Waals surface area contributed by atoms with Crippen LogP contribution in [0.2, 0.25) is 0 Å². The van der Waals surface area contributed by atoms with Crippen molar-refractivity contribution in [3.05, 3.63) is 0 Å². The molecule has 0 saturated carbocycles. The van der Waals surface area contributed by atoms with Gasteiger partial charge in [-0.2, -0.15) is 0 Å². The summed E-state index contributed by atoms with van der Waals surface area (Å²) in [5.74, 6) is 0. The predicted molar refractivity (Wildman–Crippen MR) is 28.3 cm³/mol. The molecule has 0 atom stereocenters. The molecule has 0 radical (unpaired) electrons. The van der Waals surface area contributed by atoms with Crippen LogP contribution in [-0.2, 0) is 9.47 Å². The monoisotopic (exact) mass is 194 g/mol. The van der Waals surface area contributed by atoms with Crippen LogP contribution < -0.4 is 0 Å². The summed E-state index contributed by atoms with van der Waals surface area (Å²) in [4.78, 5) is 0. The summed E-state index contributed by atoms with van der Waals surface area (Å²) in [6, 6.07) is 0. The van der Waals surface area contributed by atoms with Crippen LogP contribution in [0.15, 0.2) is 0 Å². The Labute approximate surface area is 65.3 Å². The van der Waals surface area contributed by atoms with Gasteiger partial charge in [-0.25, -0.2) is 4.74 Å². The molecular formula is C5H7F5O2. The Hall–Kier alpha value is -0.430. The minimum absolute atomic E-state index is 1.05. The van der Waals surface area contributed by atoms with E-state index in [-0.39, 0.29) is 0 Å². The second kappa shape index (κ2) is 3.53. The normalized spacial score (nSPS) is 14.0. The van der Waals surface area contributed by atoms with Gasteiger partial charge in [-0.1, -0.05) is 0 Å². The lowest BCUT2D eigenvalue weighted by atomic mass is 10.5. The Morgan fingerprint density at radius 3 is 1.67 bits per heavy atom. The Morgan fingerprint density at radius 1 is 1.00 bits per heavy atom. The molecule has 0 N–H and O–H groups in total. The first-order valence-corrected chi connectivity index (χ1v) is 2.95. The molecule has 0 aromatic heterocycles. The molecule has 2 nitrogen and oxygen atoms in total. The number of alkyl halides is 5. The van der Waals surface area contributed by atoms with Gasteiger partial charge < -0.3 is 0 Å². The zero-order chi connectivity index (χ0) is 9.99. The number of rotatable bonds is 3. The van der Waals surface area contributed by atoms with Crippen molar-refractivity contribution < 1.29 is 31.4 Å². The summed E-state index contributed by atoms with van der Waals surface area (Å²) in [6.45, 7) is 2.32. The first-order chi connectivity index (χ1) is 5.12. The van der Waals surface area contributed by atoms with Crippen molar-refractivity contribution in [1.29, 1.82) is 0 Å². The predicted octanol–water partition coefficient (Wildman–Crippen LogP) is 2.50. The van der Waals surface area contributed by atoms with E-state index in [9.17, 15) is 22.0 Å². The first kappa shape index (κ1) is 11.6. The van der Waals surface area contributed by atoms with Gasteiger partial charge in [-0.05, 0) is 13.8 Å². The van der Waals surface area contributed by atoms with Gasteiger partial charge in [0.15, 0.2) is 0 Å². The fourth-order valence-electron chi connectivity index (χ4n) is 0.433. The van der Waals surface area contributed by atoms with Crippen LogP contribution in [0.3, 0.4) is 0 Å². The lowest BCUT2D eigenvalue weighted by molar-refractivity contribution is -0.501. The highest BCUT2D eigenvalue weighted by molar-refractivity contribution is 4.41. The van der Waals surface area contributed by atoms with E-state index in [0.717, 1.165) is 13.8 Å². The molecule has 12 heavy (non-hydrogen) atoms. The number of halogens is 5. The molecule has 0 aromatic rings. The van der Waals surface area contributed by atoms with Crippen LogP contribution in [0, 0.1) is 0 Å². The lowest BCUT2D eigenvalue weighted by Crippen LogP contribution is -2.34. The summed E-state index contributed by atoms with van der Waals surface area (Å²) in [5.41, 5.74) is 0. The highest BCUT2D eigenvalue weighted by atomic mass is 19.4. The van der Waals surface area contributed by atoms with Gasteiger partial charge >= 0.3 is 12.7 Å². The van der Waals surface area contributed by atoms with E-state index in [1.165, 1.54) is 0 Å². The lowest BCUT2D eigenvalue weighted by Gasteiger charge is -2.19. The van der Waals surface area contributed by atoms with Crippen molar-refractivity contribution in [3.8, 4) is 0 Å².